The molecule has 2 fully saturated rings. The second kappa shape index (κ2) is 4.64. The Labute approximate surface area is 101 Å². The number of piperazine rings is 1. The molecule has 0 aromatic carbocycles. The third-order valence-electron chi connectivity index (χ3n) is 3.87. The van der Waals surface area contributed by atoms with Crippen LogP contribution in [0.1, 0.15) is 32.6 Å². The average molecular weight is 240 g/mol. The van der Waals surface area contributed by atoms with Crippen LogP contribution in [0.5, 0.6) is 0 Å². The molecular weight excluding hydrogens is 220 g/mol. The SMILES string of the molecule is COCCN1C(=O)C(C)NC(=O)C12CCCC2. The minimum atomic E-state index is -0.595. The molecule has 2 aliphatic rings. The first-order chi connectivity index (χ1) is 8.12. The summed E-state index contributed by atoms with van der Waals surface area (Å²) in [7, 11) is 1.61. The molecule has 0 aromatic rings. The first kappa shape index (κ1) is 12.4. The van der Waals surface area contributed by atoms with Gasteiger partial charge in [0.05, 0.1) is 6.61 Å². The van der Waals surface area contributed by atoms with Crippen molar-refractivity contribution in [2.24, 2.45) is 0 Å². The maximum Gasteiger partial charge on any atom is 0.246 e. The maximum atomic E-state index is 12.2. The minimum absolute atomic E-state index is 0.0122. The van der Waals surface area contributed by atoms with Gasteiger partial charge in [-0.3, -0.25) is 9.59 Å². The first-order valence-electron chi connectivity index (χ1n) is 6.23. The van der Waals surface area contributed by atoms with Crippen LogP contribution in [-0.2, 0) is 14.3 Å². The number of amides is 2. The summed E-state index contributed by atoms with van der Waals surface area (Å²) in [5.41, 5.74) is -0.595. The van der Waals surface area contributed by atoms with Crippen LogP contribution in [0.2, 0.25) is 0 Å². The summed E-state index contributed by atoms with van der Waals surface area (Å²) in [6.45, 7) is 2.72. The summed E-state index contributed by atoms with van der Waals surface area (Å²) < 4.78 is 5.04. The fourth-order valence-electron chi connectivity index (χ4n) is 2.92. The molecule has 5 heteroatoms. The highest BCUT2D eigenvalue weighted by molar-refractivity contribution is 5.99. The summed E-state index contributed by atoms with van der Waals surface area (Å²) in [5.74, 6) is 0.0294. The number of hydrogen-bond acceptors (Lipinski definition) is 3. The first-order valence-corrected chi connectivity index (χ1v) is 6.23. The predicted molar refractivity (Wildman–Crippen MR) is 62.4 cm³/mol. The quantitative estimate of drug-likeness (QED) is 0.771. The van der Waals surface area contributed by atoms with Gasteiger partial charge in [0.25, 0.3) is 0 Å². The molecule has 0 radical (unpaired) electrons. The lowest BCUT2D eigenvalue weighted by Gasteiger charge is -2.45. The van der Waals surface area contributed by atoms with Crippen molar-refractivity contribution in [3.8, 4) is 0 Å². The van der Waals surface area contributed by atoms with Crippen molar-refractivity contribution in [1.29, 1.82) is 0 Å². The van der Waals surface area contributed by atoms with Crippen molar-refractivity contribution in [2.75, 3.05) is 20.3 Å². The molecule has 1 atom stereocenters. The molecule has 0 aromatic heterocycles. The number of nitrogens with zero attached hydrogens (tertiary/aromatic N) is 1. The second-order valence-electron chi connectivity index (χ2n) is 4.92. The second-order valence-corrected chi connectivity index (χ2v) is 4.92. The predicted octanol–water partition coefficient (Wildman–Crippen LogP) is 0.292. The van der Waals surface area contributed by atoms with Crippen molar-refractivity contribution in [1.82, 2.24) is 10.2 Å². The highest BCUT2D eigenvalue weighted by Crippen LogP contribution is 2.37. The Morgan fingerprint density at radius 1 is 1.41 bits per heavy atom. The fourth-order valence-corrected chi connectivity index (χ4v) is 2.92. The van der Waals surface area contributed by atoms with E-state index in [2.05, 4.69) is 5.32 Å². The molecular formula is C12H20N2O3. The van der Waals surface area contributed by atoms with Crippen molar-refractivity contribution < 1.29 is 14.3 Å². The van der Waals surface area contributed by atoms with E-state index in [9.17, 15) is 9.59 Å². The Kier molecular flexibility index (Phi) is 3.38. The van der Waals surface area contributed by atoms with Gasteiger partial charge in [0.1, 0.15) is 11.6 Å². The molecule has 5 nitrogen and oxygen atoms in total. The molecule has 1 N–H and O–H groups in total. The lowest BCUT2D eigenvalue weighted by molar-refractivity contribution is -0.157. The van der Waals surface area contributed by atoms with Gasteiger partial charge in [-0.15, -0.1) is 0 Å². The van der Waals surface area contributed by atoms with Crippen molar-refractivity contribution in [3.63, 3.8) is 0 Å². The van der Waals surface area contributed by atoms with Gasteiger partial charge >= 0.3 is 0 Å². The monoisotopic (exact) mass is 240 g/mol. The molecule has 0 bridgehead atoms. The summed E-state index contributed by atoms with van der Waals surface area (Å²) in [6.07, 6.45) is 3.58. The molecule has 96 valence electrons. The van der Waals surface area contributed by atoms with Gasteiger partial charge in [-0.1, -0.05) is 12.8 Å². The lowest BCUT2D eigenvalue weighted by Crippen LogP contribution is -2.69. The fraction of sp³-hybridized carbons (Fsp3) is 0.833. The van der Waals surface area contributed by atoms with E-state index >= 15 is 0 Å². The Morgan fingerprint density at radius 3 is 2.65 bits per heavy atom. The zero-order valence-electron chi connectivity index (χ0n) is 10.5. The molecule has 1 aliphatic heterocycles. The van der Waals surface area contributed by atoms with E-state index in [-0.39, 0.29) is 11.8 Å². The normalized spacial score (nSPS) is 27.6. The molecule has 1 saturated carbocycles. The number of hydrogen-bond donors (Lipinski definition) is 1. The van der Waals surface area contributed by atoms with E-state index in [1.54, 1.807) is 18.9 Å². The summed E-state index contributed by atoms with van der Waals surface area (Å²) in [5, 5.41) is 2.80. The summed E-state index contributed by atoms with van der Waals surface area (Å²) in [4.78, 5) is 26.1. The smallest absolute Gasteiger partial charge is 0.246 e. The van der Waals surface area contributed by atoms with Gasteiger partial charge in [-0.25, -0.2) is 0 Å². The molecule has 1 heterocycles. The number of ether oxygens (including phenoxy) is 1. The van der Waals surface area contributed by atoms with Crippen molar-refractivity contribution >= 4 is 11.8 Å². The topological polar surface area (TPSA) is 58.6 Å². The lowest BCUT2D eigenvalue weighted by atomic mass is 9.89. The minimum Gasteiger partial charge on any atom is -0.383 e. The molecule has 17 heavy (non-hydrogen) atoms. The highest BCUT2D eigenvalue weighted by Gasteiger charge is 2.52. The van der Waals surface area contributed by atoms with Crippen molar-refractivity contribution in [2.45, 2.75) is 44.2 Å². The van der Waals surface area contributed by atoms with Crippen molar-refractivity contribution in [3.05, 3.63) is 0 Å². The van der Waals surface area contributed by atoms with E-state index < -0.39 is 11.6 Å². The Hall–Kier alpha value is -1.10. The average Bonchev–Trinajstić information content (AvgIpc) is 2.77. The number of carbonyl (C=O) groups is 2. The van der Waals surface area contributed by atoms with E-state index in [1.165, 1.54) is 0 Å². The standard InChI is InChI=1S/C12H20N2O3/c1-9-10(15)14(7-8-17-2)12(11(16)13-9)5-3-4-6-12/h9H,3-8H2,1-2H3,(H,13,16). The van der Waals surface area contributed by atoms with E-state index in [1.807, 2.05) is 0 Å². The van der Waals surface area contributed by atoms with Gasteiger partial charge < -0.3 is 15.0 Å². The molecule has 1 saturated heterocycles. The Bertz CT molecular complexity index is 324. The van der Waals surface area contributed by atoms with Crippen LogP contribution >= 0.6 is 0 Å². The molecule has 1 spiro atoms. The van der Waals surface area contributed by atoms with Crippen LogP contribution in [0.3, 0.4) is 0 Å². The van der Waals surface area contributed by atoms with Gasteiger partial charge in [0.15, 0.2) is 0 Å². The Balaban J connectivity index is 2.24. The third-order valence-corrected chi connectivity index (χ3v) is 3.87. The van der Waals surface area contributed by atoms with Gasteiger partial charge in [0.2, 0.25) is 11.8 Å². The van der Waals surface area contributed by atoms with Crippen LogP contribution in [0, 0.1) is 0 Å². The number of carbonyl (C=O) groups excluding carboxylic acids is 2. The third kappa shape index (κ3) is 1.92. The number of rotatable bonds is 3. The highest BCUT2D eigenvalue weighted by atomic mass is 16.5. The summed E-state index contributed by atoms with van der Waals surface area (Å²) in [6, 6.07) is -0.411. The molecule has 1 unspecified atom stereocenters. The maximum absolute atomic E-state index is 12.2. The van der Waals surface area contributed by atoms with Crippen LogP contribution in [0.4, 0.5) is 0 Å². The van der Waals surface area contributed by atoms with Crippen LogP contribution in [0.15, 0.2) is 0 Å². The molecule has 1 aliphatic carbocycles. The molecule has 2 rings (SSSR count). The van der Waals surface area contributed by atoms with Crippen LogP contribution in [-0.4, -0.2) is 48.6 Å². The number of methoxy groups -OCH3 is 1. The van der Waals surface area contributed by atoms with E-state index in [0.29, 0.717) is 13.2 Å². The Morgan fingerprint density at radius 2 is 2.06 bits per heavy atom. The van der Waals surface area contributed by atoms with Crippen LogP contribution in [0.25, 0.3) is 0 Å². The van der Waals surface area contributed by atoms with Gasteiger partial charge in [-0.05, 0) is 19.8 Å². The van der Waals surface area contributed by atoms with Gasteiger partial charge in [-0.2, -0.15) is 0 Å². The zero-order chi connectivity index (χ0) is 12.5. The number of nitrogens with one attached hydrogen (secondary N) is 1. The van der Waals surface area contributed by atoms with E-state index in [4.69, 9.17) is 4.74 Å². The molecule has 2 amide bonds. The zero-order valence-corrected chi connectivity index (χ0v) is 10.5. The van der Waals surface area contributed by atoms with Gasteiger partial charge in [0, 0.05) is 13.7 Å². The van der Waals surface area contributed by atoms with Crippen LogP contribution < -0.4 is 5.32 Å². The summed E-state index contributed by atoms with van der Waals surface area (Å²) >= 11 is 0. The largest absolute Gasteiger partial charge is 0.383 e. The van der Waals surface area contributed by atoms with E-state index in [0.717, 1.165) is 25.7 Å².